The SMILES string of the molecule is CCOC(=O)C1(Cc2cc(-c3ccc(OC)cc3)no2)CCCN(C(=O)c2ccccn2)C1. The van der Waals surface area contributed by atoms with Gasteiger partial charge in [-0.3, -0.25) is 14.6 Å². The summed E-state index contributed by atoms with van der Waals surface area (Å²) < 4.78 is 16.2. The molecule has 1 aliphatic heterocycles. The molecule has 1 aliphatic rings. The molecule has 33 heavy (non-hydrogen) atoms. The fourth-order valence-corrected chi connectivity index (χ4v) is 4.25. The lowest BCUT2D eigenvalue weighted by molar-refractivity contribution is -0.158. The molecule has 3 heterocycles. The largest absolute Gasteiger partial charge is 0.497 e. The number of carbonyl (C=O) groups is 2. The molecule has 0 spiro atoms. The van der Waals surface area contributed by atoms with E-state index in [4.69, 9.17) is 14.0 Å². The van der Waals surface area contributed by atoms with Crippen molar-refractivity contribution >= 4 is 11.9 Å². The van der Waals surface area contributed by atoms with Crippen molar-refractivity contribution in [3.63, 3.8) is 0 Å². The Kier molecular flexibility index (Phi) is 6.72. The molecule has 0 aliphatic carbocycles. The second kappa shape index (κ2) is 9.85. The minimum atomic E-state index is -0.907. The number of esters is 1. The van der Waals surface area contributed by atoms with Gasteiger partial charge in [-0.15, -0.1) is 0 Å². The minimum absolute atomic E-state index is 0.194. The number of nitrogens with zero attached hydrogens (tertiary/aromatic N) is 3. The lowest BCUT2D eigenvalue weighted by Crippen LogP contribution is -2.51. The average Bonchev–Trinajstić information content (AvgIpc) is 3.32. The zero-order valence-corrected chi connectivity index (χ0v) is 18.8. The fourth-order valence-electron chi connectivity index (χ4n) is 4.25. The number of carbonyl (C=O) groups excluding carboxylic acids is 2. The molecular formula is C25H27N3O5. The number of methoxy groups -OCH3 is 1. The van der Waals surface area contributed by atoms with E-state index in [0.29, 0.717) is 43.0 Å². The van der Waals surface area contributed by atoms with Gasteiger partial charge in [-0.1, -0.05) is 11.2 Å². The Bertz CT molecular complexity index is 1100. The Morgan fingerprint density at radius 3 is 2.70 bits per heavy atom. The van der Waals surface area contributed by atoms with Crippen LogP contribution in [0.25, 0.3) is 11.3 Å². The first-order valence-corrected chi connectivity index (χ1v) is 11.0. The maximum atomic E-state index is 13.1. The number of aromatic nitrogens is 2. The van der Waals surface area contributed by atoms with Crippen LogP contribution >= 0.6 is 0 Å². The molecule has 4 rings (SSSR count). The molecule has 1 fully saturated rings. The normalized spacial score (nSPS) is 18.1. The van der Waals surface area contributed by atoms with Gasteiger partial charge in [-0.05, 0) is 56.2 Å². The van der Waals surface area contributed by atoms with Crippen molar-refractivity contribution in [2.24, 2.45) is 5.41 Å². The second-order valence-electron chi connectivity index (χ2n) is 8.13. The standard InChI is InChI=1S/C25H27N3O5/c1-3-32-24(30)25(12-6-14-28(17-25)23(29)21-7-4-5-13-26-21)16-20-15-22(27-33-20)18-8-10-19(31-2)11-9-18/h4-5,7-11,13,15H,3,6,12,14,16-17H2,1-2H3. The Balaban J connectivity index is 1.57. The van der Waals surface area contributed by atoms with Crippen molar-refractivity contribution in [1.29, 1.82) is 0 Å². The van der Waals surface area contributed by atoms with E-state index < -0.39 is 5.41 Å². The third kappa shape index (κ3) is 4.89. The highest BCUT2D eigenvalue weighted by molar-refractivity contribution is 5.93. The molecule has 0 N–H and O–H groups in total. The first kappa shape index (κ1) is 22.5. The third-order valence-electron chi connectivity index (χ3n) is 5.91. The van der Waals surface area contributed by atoms with Gasteiger partial charge in [0.2, 0.25) is 0 Å². The van der Waals surface area contributed by atoms with Crippen LogP contribution in [-0.2, 0) is 16.0 Å². The topological polar surface area (TPSA) is 94.8 Å². The van der Waals surface area contributed by atoms with E-state index in [-0.39, 0.29) is 25.0 Å². The molecule has 1 aromatic carbocycles. The molecule has 0 radical (unpaired) electrons. The number of benzene rings is 1. The van der Waals surface area contributed by atoms with Crippen LogP contribution in [-0.4, -0.2) is 53.7 Å². The van der Waals surface area contributed by atoms with Crippen LogP contribution in [0, 0.1) is 5.41 Å². The number of hydrogen-bond donors (Lipinski definition) is 0. The van der Waals surface area contributed by atoms with Crippen molar-refractivity contribution in [1.82, 2.24) is 15.0 Å². The first-order valence-electron chi connectivity index (χ1n) is 11.0. The van der Waals surface area contributed by atoms with Crippen LogP contribution in [0.1, 0.15) is 36.0 Å². The number of ether oxygens (including phenoxy) is 2. The van der Waals surface area contributed by atoms with E-state index in [9.17, 15) is 9.59 Å². The predicted molar refractivity (Wildman–Crippen MR) is 121 cm³/mol. The van der Waals surface area contributed by atoms with Gasteiger partial charge in [0.1, 0.15) is 22.9 Å². The van der Waals surface area contributed by atoms with Gasteiger partial charge >= 0.3 is 5.97 Å². The quantitative estimate of drug-likeness (QED) is 0.507. The van der Waals surface area contributed by atoms with Crippen molar-refractivity contribution in [3.05, 3.63) is 66.2 Å². The Morgan fingerprint density at radius 2 is 2.00 bits per heavy atom. The molecule has 0 bridgehead atoms. The number of pyridine rings is 1. The number of amides is 1. The Hall–Kier alpha value is -3.68. The van der Waals surface area contributed by atoms with Crippen molar-refractivity contribution < 1.29 is 23.6 Å². The van der Waals surface area contributed by atoms with Crippen molar-refractivity contribution in [3.8, 4) is 17.0 Å². The summed E-state index contributed by atoms with van der Waals surface area (Å²) in [5.74, 6) is 0.802. The molecule has 1 unspecified atom stereocenters. The summed E-state index contributed by atoms with van der Waals surface area (Å²) in [5.41, 5.74) is 1.00. The van der Waals surface area contributed by atoms with Gasteiger partial charge in [0.05, 0.1) is 19.1 Å². The van der Waals surface area contributed by atoms with Gasteiger partial charge in [-0.2, -0.15) is 0 Å². The number of piperidine rings is 1. The molecule has 1 amide bonds. The molecule has 0 saturated carbocycles. The molecular weight excluding hydrogens is 422 g/mol. The second-order valence-corrected chi connectivity index (χ2v) is 8.13. The summed E-state index contributed by atoms with van der Waals surface area (Å²) in [6, 6.07) is 14.6. The highest BCUT2D eigenvalue weighted by Crippen LogP contribution is 2.36. The zero-order valence-electron chi connectivity index (χ0n) is 18.8. The summed E-state index contributed by atoms with van der Waals surface area (Å²) in [4.78, 5) is 32.0. The van der Waals surface area contributed by atoms with Crippen LogP contribution in [0.3, 0.4) is 0 Å². The van der Waals surface area contributed by atoms with Gasteiger partial charge in [0, 0.05) is 37.3 Å². The summed E-state index contributed by atoms with van der Waals surface area (Å²) in [5, 5.41) is 4.19. The molecule has 2 aromatic heterocycles. The van der Waals surface area contributed by atoms with E-state index in [2.05, 4.69) is 10.1 Å². The average molecular weight is 450 g/mol. The lowest BCUT2D eigenvalue weighted by Gasteiger charge is -2.40. The monoisotopic (exact) mass is 449 g/mol. The molecule has 8 heteroatoms. The molecule has 3 aromatic rings. The summed E-state index contributed by atoms with van der Waals surface area (Å²) in [7, 11) is 1.62. The fraction of sp³-hybridized carbons (Fsp3) is 0.360. The predicted octanol–water partition coefficient (Wildman–Crippen LogP) is 3.77. The van der Waals surface area contributed by atoms with Crippen LogP contribution in [0.2, 0.25) is 0 Å². The van der Waals surface area contributed by atoms with E-state index in [1.807, 2.05) is 30.3 Å². The number of rotatable bonds is 7. The van der Waals surface area contributed by atoms with Gasteiger partial charge in [0.25, 0.3) is 5.91 Å². The molecule has 1 saturated heterocycles. The minimum Gasteiger partial charge on any atom is -0.497 e. The number of likely N-dealkylation sites (tertiary alicyclic amines) is 1. The van der Waals surface area contributed by atoms with E-state index in [0.717, 1.165) is 11.3 Å². The van der Waals surface area contributed by atoms with Crippen molar-refractivity contribution in [2.75, 3.05) is 26.8 Å². The van der Waals surface area contributed by atoms with Crippen molar-refractivity contribution in [2.45, 2.75) is 26.2 Å². The van der Waals surface area contributed by atoms with Crippen LogP contribution < -0.4 is 4.74 Å². The van der Waals surface area contributed by atoms with Gasteiger partial charge < -0.3 is 18.9 Å². The van der Waals surface area contributed by atoms with Crippen LogP contribution in [0.4, 0.5) is 0 Å². The molecule has 8 nitrogen and oxygen atoms in total. The van der Waals surface area contributed by atoms with E-state index >= 15 is 0 Å². The first-order chi connectivity index (χ1) is 16.0. The van der Waals surface area contributed by atoms with E-state index in [1.165, 1.54) is 0 Å². The lowest BCUT2D eigenvalue weighted by atomic mass is 9.76. The maximum absolute atomic E-state index is 13.1. The Morgan fingerprint density at radius 1 is 1.18 bits per heavy atom. The summed E-state index contributed by atoms with van der Waals surface area (Å²) in [6.45, 7) is 2.84. The Labute approximate surface area is 192 Å². The third-order valence-corrected chi connectivity index (χ3v) is 5.91. The highest BCUT2D eigenvalue weighted by atomic mass is 16.5. The zero-order chi connectivity index (χ0) is 23.3. The van der Waals surface area contributed by atoms with Crippen LogP contribution in [0.5, 0.6) is 5.75 Å². The smallest absolute Gasteiger partial charge is 0.314 e. The summed E-state index contributed by atoms with van der Waals surface area (Å²) in [6.07, 6.45) is 3.15. The molecule has 1 atom stereocenters. The molecule has 172 valence electrons. The van der Waals surface area contributed by atoms with Gasteiger partial charge in [0.15, 0.2) is 0 Å². The summed E-state index contributed by atoms with van der Waals surface area (Å²) >= 11 is 0. The van der Waals surface area contributed by atoms with Crippen LogP contribution in [0.15, 0.2) is 59.3 Å². The van der Waals surface area contributed by atoms with E-state index in [1.54, 1.807) is 43.3 Å². The van der Waals surface area contributed by atoms with Gasteiger partial charge in [-0.25, -0.2) is 0 Å². The number of hydrogen-bond acceptors (Lipinski definition) is 7. The highest BCUT2D eigenvalue weighted by Gasteiger charge is 2.46. The maximum Gasteiger partial charge on any atom is 0.314 e.